The van der Waals surface area contributed by atoms with Gasteiger partial charge in [0.25, 0.3) is 0 Å². The van der Waals surface area contributed by atoms with Crippen molar-refractivity contribution >= 4 is 40.3 Å². The Bertz CT molecular complexity index is 1030. The molecule has 156 valence electrons. The van der Waals surface area contributed by atoms with E-state index in [1.807, 2.05) is 34.7 Å². The van der Waals surface area contributed by atoms with Crippen molar-refractivity contribution in [3.63, 3.8) is 0 Å². The van der Waals surface area contributed by atoms with Crippen LogP contribution in [0.2, 0.25) is 5.02 Å². The number of unbranched alkanes of at least 4 members (excludes halogenated alkanes) is 1. The summed E-state index contributed by atoms with van der Waals surface area (Å²) in [6, 6.07) is 14.6. The molecule has 0 fully saturated rings. The lowest BCUT2D eigenvalue weighted by atomic mass is 10.1. The fraction of sp³-hybridized carbons (Fsp3) is 0.261. The number of anilines is 1. The molecule has 1 N–H and O–H groups in total. The van der Waals surface area contributed by atoms with E-state index in [-0.39, 0.29) is 11.6 Å². The number of benzene rings is 2. The average molecular weight is 442 g/mol. The highest BCUT2D eigenvalue weighted by atomic mass is 35.5. The number of rotatable bonds is 9. The maximum Gasteiger partial charge on any atom is 0.336 e. The number of thiazole rings is 1. The number of nitrogens with zero attached hydrogens (tertiary/aromatic N) is 3. The van der Waals surface area contributed by atoms with Crippen LogP contribution in [0.1, 0.15) is 49.0 Å². The minimum Gasteiger partial charge on any atom is -0.478 e. The van der Waals surface area contributed by atoms with Crippen molar-refractivity contribution in [1.29, 1.82) is 0 Å². The predicted molar refractivity (Wildman–Crippen MR) is 125 cm³/mol. The van der Waals surface area contributed by atoms with Gasteiger partial charge >= 0.3 is 5.97 Å². The molecule has 7 heteroatoms. The van der Waals surface area contributed by atoms with E-state index in [1.165, 1.54) is 11.3 Å². The maximum absolute atomic E-state index is 11.5. The predicted octanol–water partition coefficient (Wildman–Crippen LogP) is 6.58. The summed E-state index contributed by atoms with van der Waals surface area (Å²) in [7, 11) is 0. The largest absolute Gasteiger partial charge is 0.478 e. The molecule has 2 aromatic carbocycles. The summed E-state index contributed by atoms with van der Waals surface area (Å²) in [6.45, 7) is 4.26. The van der Waals surface area contributed by atoms with Gasteiger partial charge in [-0.15, -0.1) is 11.3 Å². The minimum atomic E-state index is -0.974. The molecule has 3 aromatic rings. The molecule has 0 saturated carbocycles. The number of aromatic carboxylic acids is 1. The third-order valence-corrected chi connectivity index (χ3v) is 5.90. The monoisotopic (exact) mass is 441 g/mol. The lowest BCUT2D eigenvalue weighted by Gasteiger charge is -2.23. The van der Waals surface area contributed by atoms with Gasteiger partial charge in [0, 0.05) is 21.5 Å². The number of carbonyl (C=O) groups is 1. The van der Waals surface area contributed by atoms with Gasteiger partial charge in [0.1, 0.15) is 0 Å². The quantitative estimate of drug-likeness (QED) is 0.301. The summed E-state index contributed by atoms with van der Waals surface area (Å²) < 4.78 is 0. The third kappa shape index (κ3) is 5.26. The molecule has 1 atom stereocenters. The zero-order valence-electron chi connectivity index (χ0n) is 17.0. The Morgan fingerprint density at radius 1 is 1.27 bits per heavy atom. The van der Waals surface area contributed by atoms with Gasteiger partial charge in [-0.2, -0.15) is 5.10 Å². The van der Waals surface area contributed by atoms with Gasteiger partial charge in [-0.05, 0) is 25.5 Å². The second-order valence-corrected chi connectivity index (χ2v) is 8.21. The number of hydrogen-bond donors (Lipinski definition) is 1. The minimum absolute atomic E-state index is 0.114. The fourth-order valence-electron chi connectivity index (χ4n) is 3.06. The first kappa shape index (κ1) is 22.0. The standard InChI is InChI=1S/C23H24ClN3O2S/c1-3-4-9-16(2)27(25-14-17-10-5-6-11-18(17)22(28)29)23-26-21(15-30-23)19-12-7-8-13-20(19)24/h5-8,10-16H,3-4,9H2,1-2H3,(H,28,29)/b25-14+. The molecule has 0 aliphatic carbocycles. The van der Waals surface area contributed by atoms with Crippen molar-refractivity contribution in [2.75, 3.05) is 5.01 Å². The number of aromatic nitrogens is 1. The van der Waals surface area contributed by atoms with E-state index in [1.54, 1.807) is 30.5 Å². The molecular formula is C23H24ClN3O2S. The van der Waals surface area contributed by atoms with Gasteiger partial charge in [-0.3, -0.25) is 0 Å². The van der Waals surface area contributed by atoms with Gasteiger partial charge in [-0.25, -0.2) is 14.8 Å². The van der Waals surface area contributed by atoms with Crippen LogP contribution in [0.4, 0.5) is 5.13 Å². The van der Waals surface area contributed by atoms with Gasteiger partial charge in [0.05, 0.1) is 23.5 Å². The topological polar surface area (TPSA) is 65.8 Å². The first-order chi connectivity index (χ1) is 14.5. The SMILES string of the molecule is CCCCC(C)N(/N=C/c1ccccc1C(=O)O)c1nc(-c2ccccc2Cl)cs1. The van der Waals surface area contributed by atoms with Gasteiger partial charge < -0.3 is 5.11 Å². The Kier molecular flexibility index (Phi) is 7.60. The Morgan fingerprint density at radius 2 is 2.00 bits per heavy atom. The van der Waals surface area contributed by atoms with E-state index in [4.69, 9.17) is 16.6 Å². The molecule has 1 aromatic heterocycles. The molecular weight excluding hydrogens is 418 g/mol. The summed E-state index contributed by atoms with van der Waals surface area (Å²) in [5, 5.41) is 19.3. The van der Waals surface area contributed by atoms with E-state index < -0.39 is 5.97 Å². The zero-order valence-corrected chi connectivity index (χ0v) is 18.5. The van der Waals surface area contributed by atoms with Crippen LogP contribution in [-0.2, 0) is 0 Å². The van der Waals surface area contributed by atoms with Crippen molar-refractivity contribution < 1.29 is 9.90 Å². The van der Waals surface area contributed by atoms with Crippen LogP contribution in [0.3, 0.4) is 0 Å². The molecule has 0 aliphatic rings. The first-order valence-corrected chi connectivity index (χ1v) is 11.1. The molecule has 0 saturated heterocycles. The number of hydrogen-bond acceptors (Lipinski definition) is 5. The van der Waals surface area contributed by atoms with Crippen LogP contribution in [-0.4, -0.2) is 28.3 Å². The highest BCUT2D eigenvalue weighted by molar-refractivity contribution is 7.14. The molecule has 5 nitrogen and oxygen atoms in total. The van der Waals surface area contributed by atoms with Gasteiger partial charge in [0.2, 0.25) is 5.13 Å². The Hall–Kier alpha value is -2.70. The second kappa shape index (κ2) is 10.4. The maximum atomic E-state index is 11.5. The van der Waals surface area contributed by atoms with Crippen molar-refractivity contribution in [3.8, 4) is 11.3 Å². The van der Waals surface area contributed by atoms with Crippen molar-refractivity contribution in [1.82, 2.24) is 4.98 Å². The van der Waals surface area contributed by atoms with Crippen LogP contribution in [0.25, 0.3) is 11.3 Å². The highest BCUT2D eigenvalue weighted by Crippen LogP contribution is 2.33. The zero-order chi connectivity index (χ0) is 21.5. The molecule has 3 rings (SSSR count). The van der Waals surface area contributed by atoms with Gasteiger partial charge in [0.15, 0.2) is 0 Å². The van der Waals surface area contributed by atoms with E-state index in [0.717, 1.165) is 35.7 Å². The summed E-state index contributed by atoms with van der Waals surface area (Å²) in [5.74, 6) is -0.974. The smallest absolute Gasteiger partial charge is 0.336 e. The fourth-order valence-corrected chi connectivity index (χ4v) is 4.18. The normalized spacial score (nSPS) is 12.2. The average Bonchev–Trinajstić information content (AvgIpc) is 3.22. The highest BCUT2D eigenvalue weighted by Gasteiger charge is 2.18. The molecule has 0 radical (unpaired) electrons. The van der Waals surface area contributed by atoms with Crippen molar-refractivity contribution in [3.05, 3.63) is 70.1 Å². The molecule has 0 aliphatic heterocycles. The molecule has 0 bridgehead atoms. The number of hydrazone groups is 1. The van der Waals surface area contributed by atoms with E-state index in [0.29, 0.717) is 10.6 Å². The van der Waals surface area contributed by atoms with Gasteiger partial charge in [-0.1, -0.05) is 67.8 Å². The van der Waals surface area contributed by atoms with Crippen LogP contribution < -0.4 is 5.01 Å². The second-order valence-electron chi connectivity index (χ2n) is 6.97. The van der Waals surface area contributed by atoms with Crippen molar-refractivity contribution in [2.45, 2.75) is 39.2 Å². The Labute approximate surface area is 185 Å². The molecule has 1 heterocycles. The van der Waals surface area contributed by atoms with E-state index in [9.17, 15) is 9.90 Å². The summed E-state index contributed by atoms with van der Waals surface area (Å²) in [4.78, 5) is 16.3. The lowest BCUT2D eigenvalue weighted by molar-refractivity contribution is 0.0696. The molecule has 30 heavy (non-hydrogen) atoms. The van der Waals surface area contributed by atoms with Crippen LogP contribution in [0.15, 0.2) is 59.0 Å². The van der Waals surface area contributed by atoms with Crippen LogP contribution in [0, 0.1) is 0 Å². The van der Waals surface area contributed by atoms with Crippen molar-refractivity contribution in [2.24, 2.45) is 5.10 Å². The number of carboxylic acids is 1. The number of carboxylic acid groups (broad SMARTS) is 1. The number of halogens is 1. The molecule has 0 spiro atoms. The Morgan fingerprint density at radius 3 is 2.73 bits per heavy atom. The van der Waals surface area contributed by atoms with Crippen LogP contribution >= 0.6 is 22.9 Å². The summed E-state index contributed by atoms with van der Waals surface area (Å²) >= 11 is 7.83. The third-order valence-electron chi connectivity index (χ3n) is 4.74. The first-order valence-electron chi connectivity index (χ1n) is 9.87. The van der Waals surface area contributed by atoms with E-state index >= 15 is 0 Å². The Balaban J connectivity index is 1.94. The van der Waals surface area contributed by atoms with E-state index in [2.05, 4.69) is 18.9 Å². The summed E-state index contributed by atoms with van der Waals surface area (Å²) in [5.41, 5.74) is 2.45. The molecule has 1 unspecified atom stereocenters. The molecule has 0 amide bonds. The summed E-state index contributed by atoms with van der Waals surface area (Å²) in [6.07, 6.45) is 4.71. The van der Waals surface area contributed by atoms with Crippen LogP contribution in [0.5, 0.6) is 0 Å². The lowest BCUT2D eigenvalue weighted by Crippen LogP contribution is -2.28.